The van der Waals surface area contributed by atoms with Gasteiger partial charge in [-0.25, -0.2) is 0 Å². The van der Waals surface area contributed by atoms with Gasteiger partial charge < -0.3 is 20.0 Å². The van der Waals surface area contributed by atoms with Gasteiger partial charge in [0.05, 0.1) is 6.04 Å². The molecule has 1 saturated heterocycles. The maximum absolute atomic E-state index is 12.8. The normalized spacial score (nSPS) is 18.8. The summed E-state index contributed by atoms with van der Waals surface area (Å²) in [7, 11) is 0. The van der Waals surface area contributed by atoms with Crippen LogP contribution >= 0.6 is 0 Å². The molecular weight excluding hydrogens is 386 g/mol. The first-order valence-corrected chi connectivity index (χ1v) is 10.6. The highest BCUT2D eigenvalue weighted by Gasteiger charge is 2.41. The average Bonchev–Trinajstić information content (AvgIpc) is 2.69. The summed E-state index contributed by atoms with van der Waals surface area (Å²) in [4.78, 5) is 47.7. The molecule has 1 fully saturated rings. The maximum Gasteiger partial charge on any atom is 0.313 e. The first kappa shape index (κ1) is 23.6. The molecule has 1 heterocycles. The number of rotatable bonds is 13. The van der Waals surface area contributed by atoms with Gasteiger partial charge in [-0.1, -0.05) is 25.0 Å². The summed E-state index contributed by atoms with van der Waals surface area (Å²) in [5.41, 5.74) is 0.805. The number of aromatic hydroxyl groups is 1. The van der Waals surface area contributed by atoms with Gasteiger partial charge in [-0.15, -0.1) is 0 Å². The van der Waals surface area contributed by atoms with Crippen LogP contribution in [0, 0.1) is 5.92 Å². The zero-order valence-electron chi connectivity index (χ0n) is 17.7. The fraction of sp³-hybridized carbons (Fsp3) is 0.565. The van der Waals surface area contributed by atoms with Crippen LogP contribution in [0.3, 0.4) is 0 Å². The second-order valence-electron chi connectivity index (χ2n) is 8.03. The molecule has 1 amide bonds. The van der Waals surface area contributed by atoms with Crippen molar-refractivity contribution >= 4 is 23.4 Å². The quantitative estimate of drug-likeness (QED) is 0.377. The minimum atomic E-state index is -0.736. The van der Waals surface area contributed by atoms with Gasteiger partial charge in [0, 0.05) is 19.3 Å². The number of nitrogens with one attached hydrogen (secondary N) is 1. The van der Waals surface area contributed by atoms with Crippen LogP contribution in [0.1, 0.15) is 64.4 Å². The van der Waals surface area contributed by atoms with Crippen molar-refractivity contribution in [1.82, 2.24) is 5.32 Å². The minimum absolute atomic E-state index is 0.0358. The summed E-state index contributed by atoms with van der Waals surface area (Å²) in [6.45, 7) is 3.32. The number of phenolic OH excluding ortho intramolecular Hbond substituents is 1. The summed E-state index contributed by atoms with van der Waals surface area (Å²) in [5.74, 6) is -0.946. The molecule has 3 atom stereocenters. The van der Waals surface area contributed by atoms with E-state index in [4.69, 9.17) is 4.74 Å². The molecular formula is C23H31NO6. The standard InChI is InChI=1S/C23H31NO6/c1-15(25)7-5-3-4-6-8-22(28)24-20(13-17-9-11-18(26)12-10-17)21(27)14-19-16(2)30-23(19)29/h9-12,16,19-20,26H,3-8,13-14H2,1-2H3,(H,24,28)/t16-,19+,20+/m1/s1. The molecule has 0 spiro atoms. The van der Waals surface area contributed by atoms with Crippen LogP contribution in [0.2, 0.25) is 0 Å². The molecule has 1 aromatic rings. The number of ketones is 2. The van der Waals surface area contributed by atoms with Crippen molar-refractivity contribution < 1.29 is 29.0 Å². The number of carbonyl (C=O) groups is 4. The molecule has 0 bridgehead atoms. The van der Waals surface area contributed by atoms with E-state index in [0.29, 0.717) is 25.7 Å². The van der Waals surface area contributed by atoms with E-state index in [-0.39, 0.29) is 41.7 Å². The van der Waals surface area contributed by atoms with E-state index in [1.807, 2.05) is 0 Å². The Morgan fingerprint density at radius 2 is 1.70 bits per heavy atom. The fourth-order valence-electron chi connectivity index (χ4n) is 3.47. The Balaban J connectivity index is 1.88. The van der Waals surface area contributed by atoms with Crippen molar-refractivity contribution in [2.45, 2.75) is 77.4 Å². The number of carbonyl (C=O) groups excluding carboxylic acids is 4. The van der Waals surface area contributed by atoms with Crippen molar-refractivity contribution in [3.8, 4) is 5.75 Å². The molecule has 1 aliphatic rings. The van der Waals surface area contributed by atoms with Gasteiger partial charge in [0.2, 0.25) is 5.91 Å². The SMILES string of the molecule is CC(=O)CCCCCCC(=O)N[C@@H](Cc1ccc(O)cc1)C(=O)C[C@@H]1C(=O)O[C@@H]1C. The van der Waals surface area contributed by atoms with Crippen LogP contribution in [0.4, 0.5) is 0 Å². The Morgan fingerprint density at radius 1 is 1.07 bits per heavy atom. The van der Waals surface area contributed by atoms with Crippen molar-refractivity contribution in [3.05, 3.63) is 29.8 Å². The monoisotopic (exact) mass is 417 g/mol. The highest BCUT2D eigenvalue weighted by molar-refractivity contribution is 5.93. The lowest BCUT2D eigenvalue weighted by molar-refractivity contribution is -0.183. The smallest absolute Gasteiger partial charge is 0.313 e. The van der Waals surface area contributed by atoms with Crippen molar-refractivity contribution in [1.29, 1.82) is 0 Å². The maximum atomic E-state index is 12.8. The van der Waals surface area contributed by atoms with E-state index in [2.05, 4.69) is 5.32 Å². The van der Waals surface area contributed by atoms with E-state index in [1.54, 1.807) is 26.0 Å². The third-order valence-corrected chi connectivity index (χ3v) is 5.38. The second-order valence-corrected chi connectivity index (χ2v) is 8.03. The molecule has 2 rings (SSSR count). The van der Waals surface area contributed by atoms with Crippen molar-refractivity contribution in [2.24, 2.45) is 5.92 Å². The largest absolute Gasteiger partial charge is 0.508 e. The molecule has 7 heteroatoms. The molecule has 2 N–H and O–H groups in total. The van der Waals surface area contributed by atoms with Crippen LogP contribution in [0.5, 0.6) is 5.75 Å². The lowest BCUT2D eigenvalue weighted by atomic mass is 9.88. The zero-order valence-corrected chi connectivity index (χ0v) is 17.7. The van der Waals surface area contributed by atoms with Gasteiger partial charge in [-0.2, -0.15) is 0 Å². The van der Waals surface area contributed by atoms with Crippen LogP contribution in [0.25, 0.3) is 0 Å². The summed E-state index contributed by atoms with van der Waals surface area (Å²) in [6.07, 6.45) is 4.17. The summed E-state index contributed by atoms with van der Waals surface area (Å²) >= 11 is 0. The zero-order chi connectivity index (χ0) is 22.1. The Morgan fingerprint density at radius 3 is 2.27 bits per heavy atom. The topological polar surface area (TPSA) is 110 Å². The lowest BCUT2D eigenvalue weighted by Gasteiger charge is -2.32. The molecule has 7 nitrogen and oxygen atoms in total. The number of hydrogen-bond donors (Lipinski definition) is 2. The number of Topliss-reactive ketones (excluding diaryl/α,β-unsaturated/α-hetero) is 2. The number of esters is 1. The molecule has 0 saturated carbocycles. The first-order chi connectivity index (χ1) is 14.3. The molecule has 0 aliphatic carbocycles. The predicted octanol–water partition coefficient (Wildman–Crippen LogP) is 2.87. The van der Waals surface area contributed by atoms with Crippen LogP contribution in [-0.4, -0.2) is 40.7 Å². The number of amides is 1. The van der Waals surface area contributed by atoms with E-state index in [9.17, 15) is 24.3 Å². The number of benzene rings is 1. The molecule has 30 heavy (non-hydrogen) atoms. The Kier molecular flexibility index (Phi) is 9.02. The molecule has 1 aliphatic heterocycles. The second kappa shape index (κ2) is 11.5. The summed E-state index contributed by atoms with van der Waals surface area (Å²) < 4.78 is 4.92. The lowest BCUT2D eigenvalue weighted by Crippen LogP contribution is -2.48. The number of hydrogen-bond acceptors (Lipinski definition) is 6. The summed E-state index contributed by atoms with van der Waals surface area (Å²) in [6, 6.07) is 5.74. The van der Waals surface area contributed by atoms with Crippen molar-refractivity contribution in [2.75, 3.05) is 0 Å². The van der Waals surface area contributed by atoms with Gasteiger partial charge in [0.25, 0.3) is 0 Å². The predicted molar refractivity (Wildman–Crippen MR) is 111 cm³/mol. The fourth-order valence-corrected chi connectivity index (χ4v) is 3.47. The van der Waals surface area contributed by atoms with Gasteiger partial charge in [0.15, 0.2) is 5.78 Å². The van der Waals surface area contributed by atoms with Crippen molar-refractivity contribution in [3.63, 3.8) is 0 Å². The highest BCUT2D eigenvalue weighted by atomic mass is 16.6. The Labute approximate surface area is 177 Å². The van der Waals surface area contributed by atoms with E-state index in [1.165, 1.54) is 12.1 Å². The van der Waals surface area contributed by atoms with Crippen LogP contribution in [0.15, 0.2) is 24.3 Å². The third-order valence-electron chi connectivity index (χ3n) is 5.38. The van der Waals surface area contributed by atoms with E-state index in [0.717, 1.165) is 24.8 Å². The number of unbranched alkanes of at least 4 members (excludes halogenated alkanes) is 3. The number of ether oxygens (including phenoxy) is 1. The Hall–Kier alpha value is -2.70. The average molecular weight is 418 g/mol. The number of phenols is 1. The molecule has 164 valence electrons. The minimum Gasteiger partial charge on any atom is -0.508 e. The molecule has 0 unspecified atom stereocenters. The molecule has 1 aromatic carbocycles. The highest BCUT2D eigenvalue weighted by Crippen LogP contribution is 2.26. The van der Waals surface area contributed by atoms with Gasteiger partial charge in [-0.3, -0.25) is 14.4 Å². The van der Waals surface area contributed by atoms with Gasteiger partial charge in [0.1, 0.15) is 23.6 Å². The van der Waals surface area contributed by atoms with Gasteiger partial charge >= 0.3 is 5.97 Å². The van der Waals surface area contributed by atoms with Gasteiger partial charge in [-0.05, 0) is 50.8 Å². The molecule has 0 radical (unpaired) electrons. The van der Waals surface area contributed by atoms with E-state index < -0.39 is 12.0 Å². The van der Waals surface area contributed by atoms with Crippen LogP contribution < -0.4 is 5.32 Å². The Bertz CT molecular complexity index is 757. The van der Waals surface area contributed by atoms with Crippen LogP contribution in [-0.2, 0) is 30.3 Å². The molecule has 0 aromatic heterocycles. The van der Waals surface area contributed by atoms with E-state index >= 15 is 0 Å². The first-order valence-electron chi connectivity index (χ1n) is 10.6. The number of cyclic esters (lactones) is 1. The summed E-state index contributed by atoms with van der Waals surface area (Å²) in [5, 5.41) is 12.3. The third kappa shape index (κ3) is 7.61.